The number of aliphatic carboxylic acids is 1. The topological polar surface area (TPSA) is 179 Å². The number of ether oxygens (including phenoxy) is 3. The van der Waals surface area contributed by atoms with Gasteiger partial charge in [0.15, 0.2) is 23.7 Å². The van der Waals surface area contributed by atoms with Gasteiger partial charge in [-0.05, 0) is 43.4 Å². The van der Waals surface area contributed by atoms with Crippen LogP contribution in [0.2, 0.25) is 5.02 Å². The number of hydrogen-bond acceptors (Lipinski definition) is 10. The van der Waals surface area contributed by atoms with E-state index in [4.69, 9.17) is 30.9 Å². The van der Waals surface area contributed by atoms with Gasteiger partial charge in [-0.25, -0.2) is 14.2 Å². The molecule has 0 saturated heterocycles. The average Bonchev–Trinajstić information content (AvgIpc) is 3.97. The summed E-state index contributed by atoms with van der Waals surface area (Å²) >= 11 is 6.28. The van der Waals surface area contributed by atoms with E-state index in [9.17, 15) is 59.6 Å². The fourth-order valence-corrected chi connectivity index (χ4v) is 5.32. The first-order valence-corrected chi connectivity index (χ1v) is 15.3. The molecule has 2 aromatic heterocycles. The molecule has 0 radical (unpaired) electrons. The van der Waals surface area contributed by atoms with Crippen LogP contribution in [0.15, 0.2) is 30.6 Å². The minimum Gasteiger partial charge on any atom is -0.480 e. The van der Waals surface area contributed by atoms with Gasteiger partial charge in [-0.3, -0.25) is 19.3 Å². The van der Waals surface area contributed by atoms with Gasteiger partial charge in [-0.2, -0.15) is 50.6 Å². The minimum atomic E-state index is -6.41. The Bertz CT molecular complexity index is 2010. The third-order valence-corrected chi connectivity index (χ3v) is 8.70. The van der Waals surface area contributed by atoms with Gasteiger partial charge in [-0.1, -0.05) is 17.7 Å². The van der Waals surface area contributed by atoms with Gasteiger partial charge in [0.25, 0.3) is 5.91 Å². The number of carboxylic acid groups (broad SMARTS) is 1. The summed E-state index contributed by atoms with van der Waals surface area (Å²) in [4.78, 5) is 50.0. The second-order valence-corrected chi connectivity index (χ2v) is 12.3. The van der Waals surface area contributed by atoms with E-state index in [1.807, 2.05) is 6.07 Å². The predicted molar refractivity (Wildman–Crippen MR) is 157 cm³/mol. The summed E-state index contributed by atoms with van der Waals surface area (Å²) in [6.07, 6.45) is -11.3. The van der Waals surface area contributed by atoms with Crippen molar-refractivity contribution in [3.05, 3.63) is 52.4 Å². The average molecular weight is 783 g/mol. The molecular formula is C30H23ClF8N6O8. The summed E-state index contributed by atoms with van der Waals surface area (Å²) in [7, 11) is 0.705. The number of aromatic nitrogens is 4. The summed E-state index contributed by atoms with van der Waals surface area (Å²) in [5, 5.41) is 25.2. The summed E-state index contributed by atoms with van der Waals surface area (Å²) in [5.74, 6) is -10.6. The molecule has 0 unspecified atom stereocenters. The van der Waals surface area contributed by atoms with Gasteiger partial charge >= 0.3 is 36.4 Å². The number of alkyl halides is 8. The van der Waals surface area contributed by atoms with Crippen LogP contribution in [0.3, 0.4) is 0 Å². The number of aryl methyl sites for hydroxylation is 1. The van der Waals surface area contributed by atoms with E-state index in [0.29, 0.717) is 11.7 Å². The number of carbonyl (C=O) groups excluding carboxylic acids is 3. The molecule has 0 bridgehead atoms. The lowest BCUT2D eigenvalue weighted by atomic mass is 10.0. The van der Waals surface area contributed by atoms with Crippen LogP contribution in [0.25, 0.3) is 16.9 Å². The highest BCUT2D eigenvalue weighted by Gasteiger charge is 2.64. The SMILES string of the molecule is Cn1nc(C(F)(F)C(F)(F)F)c(C(F)(F)F)c1-n1cc(-c2ccc(Cl)c(C(=O)N(COC(=O)OCCOC(=O)C3(C(=O)O)CC3)C3(C#N)CC3)c2)cn1. The van der Waals surface area contributed by atoms with Crippen LogP contribution in [0.4, 0.5) is 39.9 Å². The monoisotopic (exact) mass is 782 g/mol. The van der Waals surface area contributed by atoms with Crippen molar-refractivity contribution in [2.24, 2.45) is 12.5 Å². The zero-order chi connectivity index (χ0) is 39.3. The van der Waals surface area contributed by atoms with Crippen molar-refractivity contribution in [1.29, 1.82) is 5.26 Å². The minimum absolute atomic E-state index is 0.0353. The second-order valence-electron chi connectivity index (χ2n) is 11.9. The standard InChI is InChI=1S/C30H23ClF8N6O8/c1-43-21(19(29(34,35)36)20(42-43)28(32,33)30(37,38)39)45-12-16(11-41-45)15-2-3-18(31)17(10-15)22(46)44(26(13-40)4-5-26)14-53-25(50)52-9-8-51-24(49)27(6-7-27)23(47)48/h2-3,10-12H,4-9,14H2,1H3,(H,47,48). The summed E-state index contributed by atoms with van der Waals surface area (Å²) in [5.41, 5.74) is -8.40. The number of carboxylic acids is 1. The van der Waals surface area contributed by atoms with E-state index in [1.54, 1.807) is 0 Å². The number of nitrogens with zero attached hydrogens (tertiary/aromatic N) is 6. The van der Waals surface area contributed by atoms with Gasteiger partial charge in [0.05, 0.1) is 22.9 Å². The molecule has 23 heteroatoms. The van der Waals surface area contributed by atoms with Crippen molar-refractivity contribution >= 4 is 35.6 Å². The Labute approximate surface area is 296 Å². The summed E-state index contributed by atoms with van der Waals surface area (Å²) in [6.45, 7) is -1.90. The summed E-state index contributed by atoms with van der Waals surface area (Å²) < 4.78 is 125. The number of amides is 1. The third-order valence-electron chi connectivity index (χ3n) is 8.38. The van der Waals surface area contributed by atoms with Crippen LogP contribution in [0, 0.1) is 16.7 Å². The molecule has 2 heterocycles. The fraction of sp³-hybridized carbons (Fsp3) is 0.433. The number of carbonyl (C=O) groups is 4. The van der Waals surface area contributed by atoms with Gasteiger partial charge < -0.3 is 19.3 Å². The van der Waals surface area contributed by atoms with Crippen molar-refractivity contribution < 1.29 is 73.6 Å². The molecule has 5 rings (SSSR count). The first kappa shape index (κ1) is 38.8. The highest BCUT2D eigenvalue weighted by atomic mass is 35.5. The van der Waals surface area contributed by atoms with Crippen LogP contribution < -0.4 is 0 Å². The van der Waals surface area contributed by atoms with Crippen LogP contribution in [-0.4, -0.2) is 85.2 Å². The number of nitriles is 1. The molecule has 1 amide bonds. The lowest BCUT2D eigenvalue weighted by Gasteiger charge is -2.27. The van der Waals surface area contributed by atoms with Crippen LogP contribution in [-0.2, 0) is 42.9 Å². The largest absolute Gasteiger partial charge is 0.510 e. The van der Waals surface area contributed by atoms with Crippen molar-refractivity contribution in [2.75, 3.05) is 19.9 Å². The van der Waals surface area contributed by atoms with Gasteiger partial charge in [0, 0.05) is 18.8 Å². The van der Waals surface area contributed by atoms with E-state index >= 15 is 0 Å². The normalized spacial score (nSPS) is 15.9. The number of rotatable bonds is 12. The van der Waals surface area contributed by atoms with Gasteiger partial charge in [-0.15, -0.1) is 0 Å². The lowest BCUT2D eigenvalue weighted by Crippen LogP contribution is -2.43. The van der Waals surface area contributed by atoms with Gasteiger partial charge in [0.2, 0.25) is 0 Å². The quantitative estimate of drug-likeness (QED) is 0.0793. The Hall–Kier alpha value is -5.46. The Kier molecular flexibility index (Phi) is 9.88. The van der Waals surface area contributed by atoms with E-state index in [1.165, 1.54) is 12.1 Å². The van der Waals surface area contributed by atoms with Crippen LogP contribution in [0.5, 0.6) is 0 Å². The Morgan fingerprint density at radius 2 is 1.64 bits per heavy atom. The molecule has 1 N–H and O–H groups in total. The first-order chi connectivity index (χ1) is 24.6. The zero-order valence-corrected chi connectivity index (χ0v) is 27.5. The number of benzene rings is 1. The lowest BCUT2D eigenvalue weighted by molar-refractivity contribution is -0.292. The van der Waals surface area contributed by atoms with Gasteiger partial charge in [0.1, 0.15) is 24.3 Å². The first-order valence-electron chi connectivity index (χ1n) is 15.0. The second kappa shape index (κ2) is 13.5. The molecular weight excluding hydrogens is 760 g/mol. The summed E-state index contributed by atoms with van der Waals surface area (Å²) in [6, 6.07) is 5.53. The molecule has 2 aliphatic rings. The predicted octanol–water partition coefficient (Wildman–Crippen LogP) is 5.62. The fourth-order valence-electron chi connectivity index (χ4n) is 5.12. The maximum absolute atomic E-state index is 14.2. The molecule has 53 heavy (non-hydrogen) atoms. The van der Waals surface area contributed by atoms with Crippen molar-refractivity contribution in [1.82, 2.24) is 24.5 Å². The zero-order valence-electron chi connectivity index (χ0n) is 26.7. The molecule has 284 valence electrons. The highest BCUT2D eigenvalue weighted by Crippen LogP contribution is 2.50. The molecule has 0 atom stereocenters. The highest BCUT2D eigenvalue weighted by molar-refractivity contribution is 6.34. The molecule has 0 aliphatic heterocycles. The third kappa shape index (κ3) is 7.29. The van der Waals surface area contributed by atoms with Crippen LogP contribution in [0.1, 0.15) is 47.3 Å². The molecule has 1 aromatic carbocycles. The Morgan fingerprint density at radius 3 is 2.19 bits per heavy atom. The van der Waals surface area contributed by atoms with E-state index in [2.05, 4.69) is 10.2 Å². The smallest absolute Gasteiger partial charge is 0.480 e. The molecule has 0 spiro atoms. The van der Waals surface area contributed by atoms with E-state index in [-0.39, 0.29) is 52.1 Å². The molecule has 2 fully saturated rings. The van der Waals surface area contributed by atoms with E-state index in [0.717, 1.165) is 23.4 Å². The van der Waals surface area contributed by atoms with Crippen molar-refractivity contribution in [3.63, 3.8) is 0 Å². The Balaban J connectivity index is 1.34. The van der Waals surface area contributed by atoms with Crippen molar-refractivity contribution in [3.8, 4) is 23.0 Å². The number of esters is 1. The maximum atomic E-state index is 14.2. The molecule has 14 nitrogen and oxygen atoms in total. The molecule has 2 aliphatic carbocycles. The maximum Gasteiger partial charge on any atom is 0.510 e. The Morgan fingerprint density at radius 1 is 1.00 bits per heavy atom. The molecule has 2 saturated carbocycles. The number of hydrogen-bond donors (Lipinski definition) is 1. The molecule has 3 aromatic rings. The van der Waals surface area contributed by atoms with Crippen molar-refractivity contribution in [2.45, 2.75) is 49.5 Å². The number of halogens is 9. The van der Waals surface area contributed by atoms with Crippen LogP contribution >= 0.6 is 11.6 Å². The van der Waals surface area contributed by atoms with E-state index < -0.39 is 90.3 Å².